The highest BCUT2D eigenvalue weighted by Gasteiger charge is 2.36. The molecular weight excluding hydrogens is 328 g/mol. The molecule has 2 aromatic carbocycles. The maximum atomic E-state index is 12.1. The van der Waals surface area contributed by atoms with Crippen molar-refractivity contribution in [2.75, 3.05) is 14.2 Å². The van der Waals surface area contributed by atoms with E-state index in [1.807, 2.05) is 0 Å². The largest absolute Gasteiger partial charge is 0.507 e. The van der Waals surface area contributed by atoms with Crippen molar-refractivity contribution in [2.24, 2.45) is 0 Å². The number of esters is 1. The predicted molar refractivity (Wildman–Crippen MR) is 86.4 cm³/mol. The van der Waals surface area contributed by atoms with E-state index in [4.69, 9.17) is 14.2 Å². The third-order valence-corrected chi connectivity index (χ3v) is 3.75. The summed E-state index contributed by atoms with van der Waals surface area (Å²) in [5.74, 6) is -0.654. The number of carbonyl (C=O) groups excluding carboxylic acids is 2. The van der Waals surface area contributed by atoms with Gasteiger partial charge >= 0.3 is 5.97 Å². The van der Waals surface area contributed by atoms with Crippen molar-refractivity contribution in [2.45, 2.75) is 6.23 Å². The minimum absolute atomic E-state index is 0.0897. The van der Waals surface area contributed by atoms with Crippen LogP contribution in [0.1, 0.15) is 32.5 Å². The van der Waals surface area contributed by atoms with Crippen molar-refractivity contribution in [3.05, 3.63) is 53.1 Å². The molecule has 0 radical (unpaired) electrons. The number of carbonyl (C=O) groups is 2. The minimum Gasteiger partial charge on any atom is -0.507 e. The number of ether oxygens (including phenoxy) is 3. The van der Waals surface area contributed by atoms with E-state index in [0.717, 1.165) is 0 Å². The van der Waals surface area contributed by atoms with E-state index in [1.165, 1.54) is 26.4 Å². The molecule has 8 nitrogen and oxygen atoms in total. The fourth-order valence-electron chi connectivity index (χ4n) is 2.57. The average Bonchev–Trinajstić information content (AvgIpc) is 2.95. The van der Waals surface area contributed by atoms with Crippen LogP contribution >= 0.6 is 0 Å². The number of hydrogen-bond donors (Lipinski definition) is 3. The molecule has 1 aliphatic rings. The number of hydrogen-bond acceptors (Lipinski definition) is 7. The SMILES string of the molecule is COc1ccc2c(c1OC)C(=O)O[C@H]2NNC(=O)c1ccccc1O. The molecule has 0 aromatic heterocycles. The third kappa shape index (κ3) is 2.94. The van der Waals surface area contributed by atoms with Gasteiger partial charge in [-0.25, -0.2) is 4.79 Å². The number of cyclic esters (lactones) is 1. The lowest BCUT2D eigenvalue weighted by molar-refractivity contribution is 0.0259. The van der Waals surface area contributed by atoms with Crippen LogP contribution in [0, 0.1) is 0 Å². The van der Waals surface area contributed by atoms with Crippen molar-refractivity contribution in [3.63, 3.8) is 0 Å². The van der Waals surface area contributed by atoms with Gasteiger partial charge in [0.15, 0.2) is 17.7 Å². The Balaban J connectivity index is 1.80. The second-order valence-corrected chi connectivity index (χ2v) is 5.17. The fraction of sp³-hybridized carbons (Fsp3) is 0.176. The normalized spacial score (nSPS) is 15.3. The van der Waals surface area contributed by atoms with E-state index in [1.54, 1.807) is 24.3 Å². The first kappa shape index (κ1) is 16.6. The molecule has 0 saturated heterocycles. The standard InChI is InChI=1S/C17H16N2O6/c1-23-12-8-7-10-13(14(12)24-2)17(22)25-16(10)19-18-15(21)9-5-3-4-6-11(9)20/h3-8,16,19-20H,1-2H3,(H,18,21)/t16-/m1/s1. The molecule has 1 atom stereocenters. The molecule has 130 valence electrons. The van der Waals surface area contributed by atoms with Gasteiger partial charge in [-0.15, -0.1) is 0 Å². The molecule has 3 N–H and O–H groups in total. The molecule has 0 aliphatic carbocycles. The lowest BCUT2D eigenvalue weighted by Gasteiger charge is -2.15. The van der Waals surface area contributed by atoms with Crippen LogP contribution in [0.15, 0.2) is 36.4 Å². The Kier molecular flexibility index (Phi) is 4.44. The Bertz CT molecular complexity index is 836. The molecule has 0 bridgehead atoms. The van der Waals surface area contributed by atoms with Gasteiger partial charge < -0.3 is 19.3 Å². The molecule has 3 rings (SSSR count). The van der Waals surface area contributed by atoms with Crippen LogP contribution in [0.3, 0.4) is 0 Å². The minimum atomic E-state index is -0.892. The van der Waals surface area contributed by atoms with Crippen molar-refractivity contribution < 1.29 is 28.9 Å². The molecule has 25 heavy (non-hydrogen) atoms. The van der Waals surface area contributed by atoms with Gasteiger partial charge in [-0.1, -0.05) is 12.1 Å². The summed E-state index contributed by atoms with van der Waals surface area (Å²) in [6, 6.07) is 9.38. The van der Waals surface area contributed by atoms with Gasteiger partial charge in [0.25, 0.3) is 5.91 Å². The van der Waals surface area contributed by atoms with E-state index in [9.17, 15) is 14.7 Å². The van der Waals surface area contributed by atoms with E-state index in [-0.39, 0.29) is 22.6 Å². The molecule has 0 spiro atoms. The zero-order chi connectivity index (χ0) is 18.0. The first-order valence-corrected chi connectivity index (χ1v) is 7.36. The quantitative estimate of drug-likeness (QED) is 0.558. The second-order valence-electron chi connectivity index (χ2n) is 5.17. The van der Waals surface area contributed by atoms with Gasteiger partial charge in [0, 0.05) is 5.56 Å². The number of para-hydroxylation sites is 1. The fourth-order valence-corrected chi connectivity index (χ4v) is 2.57. The zero-order valence-corrected chi connectivity index (χ0v) is 13.5. The third-order valence-electron chi connectivity index (χ3n) is 3.75. The molecular formula is C17H16N2O6. The molecule has 2 aromatic rings. The van der Waals surface area contributed by atoms with Gasteiger partial charge in [-0.05, 0) is 24.3 Å². The summed E-state index contributed by atoms with van der Waals surface area (Å²) >= 11 is 0. The number of methoxy groups -OCH3 is 2. The molecule has 8 heteroatoms. The Hall–Kier alpha value is -3.26. The average molecular weight is 344 g/mol. The number of phenols is 1. The summed E-state index contributed by atoms with van der Waals surface area (Å²) in [7, 11) is 2.89. The molecule has 0 unspecified atom stereocenters. The number of rotatable bonds is 5. The molecule has 1 heterocycles. The van der Waals surface area contributed by atoms with Gasteiger partial charge in [-0.2, -0.15) is 5.43 Å². The number of nitrogens with one attached hydrogen (secondary N) is 2. The summed E-state index contributed by atoms with van der Waals surface area (Å²) in [6.45, 7) is 0. The number of aromatic hydroxyl groups is 1. The van der Waals surface area contributed by atoms with Crippen molar-refractivity contribution in [1.82, 2.24) is 10.9 Å². The number of benzene rings is 2. The first-order chi connectivity index (χ1) is 12.1. The number of amides is 1. The monoisotopic (exact) mass is 344 g/mol. The van der Waals surface area contributed by atoms with Crippen LogP contribution in [-0.2, 0) is 4.74 Å². The summed E-state index contributed by atoms with van der Waals surface area (Å²) in [4.78, 5) is 24.3. The number of hydrazine groups is 1. The predicted octanol–water partition coefficient (Wildman–Crippen LogP) is 1.51. The van der Waals surface area contributed by atoms with Gasteiger partial charge in [0.2, 0.25) is 0 Å². The van der Waals surface area contributed by atoms with Crippen molar-refractivity contribution in [3.8, 4) is 17.2 Å². The Labute approximate surface area is 143 Å². The first-order valence-electron chi connectivity index (χ1n) is 7.36. The molecule has 1 amide bonds. The van der Waals surface area contributed by atoms with Gasteiger partial charge in [0.1, 0.15) is 11.3 Å². The van der Waals surface area contributed by atoms with Crippen LogP contribution in [0.25, 0.3) is 0 Å². The van der Waals surface area contributed by atoms with E-state index in [0.29, 0.717) is 11.3 Å². The smallest absolute Gasteiger partial charge is 0.344 e. The number of fused-ring (bicyclic) bond motifs is 1. The Morgan fingerprint density at radius 2 is 1.92 bits per heavy atom. The highest BCUT2D eigenvalue weighted by molar-refractivity contribution is 5.98. The Morgan fingerprint density at radius 1 is 1.16 bits per heavy atom. The highest BCUT2D eigenvalue weighted by atomic mass is 16.6. The molecule has 1 aliphatic heterocycles. The van der Waals surface area contributed by atoms with Gasteiger partial charge in [-0.3, -0.25) is 10.2 Å². The number of phenolic OH excluding ortho intramolecular Hbond substituents is 1. The van der Waals surface area contributed by atoms with Crippen LogP contribution in [0.4, 0.5) is 0 Å². The topological polar surface area (TPSA) is 106 Å². The molecule has 0 saturated carbocycles. The van der Waals surface area contributed by atoms with Gasteiger partial charge in [0.05, 0.1) is 19.8 Å². The Morgan fingerprint density at radius 3 is 2.60 bits per heavy atom. The summed E-state index contributed by atoms with van der Waals surface area (Å²) in [5.41, 5.74) is 5.87. The maximum absolute atomic E-state index is 12.1. The summed E-state index contributed by atoms with van der Waals surface area (Å²) < 4.78 is 15.6. The maximum Gasteiger partial charge on any atom is 0.344 e. The van der Waals surface area contributed by atoms with E-state index < -0.39 is 18.1 Å². The van der Waals surface area contributed by atoms with E-state index >= 15 is 0 Å². The van der Waals surface area contributed by atoms with Crippen LogP contribution in [0.5, 0.6) is 17.2 Å². The zero-order valence-electron chi connectivity index (χ0n) is 13.5. The molecule has 0 fully saturated rings. The summed E-state index contributed by atoms with van der Waals surface area (Å²) in [5, 5.41) is 9.69. The van der Waals surface area contributed by atoms with Crippen molar-refractivity contribution >= 4 is 11.9 Å². The van der Waals surface area contributed by atoms with Crippen LogP contribution < -0.4 is 20.3 Å². The summed E-state index contributed by atoms with van der Waals surface area (Å²) in [6.07, 6.45) is -0.892. The lowest BCUT2D eigenvalue weighted by atomic mass is 10.1. The second kappa shape index (κ2) is 6.70. The lowest BCUT2D eigenvalue weighted by Crippen LogP contribution is -2.40. The van der Waals surface area contributed by atoms with E-state index in [2.05, 4.69) is 10.9 Å². The highest BCUT2D eigenvalue weighted by Crippen LogP contribution is 2.40. The van der Waals surface area contributed by atoms with Crippen LogP contribution in [-0.4, -0.2) is 31.2 Å². The van der Waals surface area contributed by atoms with Crippen molar-refractivity contribution in [1.29, 1.82) is 0 Å². The van der Waals surface area contributed by atoms with Crippen LogP contribution in [0.2, 0.25) is 0 Å².